The Bertz CT molecular complexity index is 3540. The van der Waals surface area contributed by atoms with Crippen LogP contribution in [-0.2, 0) is 21.1 Å². The van der Waals surface area contributed by atoms with E-state index >= 15 is 0 Å². The van der Waals surface area contributed by atoms with E-state index in [-0.39, 0.29) is 93.7 Å². The molecule has 0 unspecified atom stereocenters. The molecule has 9 rings (SSSR count). The van der Waals surface area contributed by atoms with Crippen LogP contribution < -0.4 is 4.74 Å². The summed E-state index contributed by atoms with van der Waals surface area (Å²) in [7, 11) is 0. The minimum Gasteiger partial charge on any atom is -0.496 e. The zero-order valence-electron chi connectivity index (χ0n) is 49.6. The third kappa shape index (κ3) is 7.86. The Balaban J connectivity index is 0.00000765. The van der Waals surface area contributed by atoms with Crippen LogP contribution in [0.5, 0.6) is 11.5 Å². The van der Waals surface area contributed by atoms with Gasteiger partial charge in [0.25, 0.3) is 0 Å². The van der Waals surface area contributed by atoms with Crippen LogP contribution in [0.25, 0.3) is 66.8 Å². The van der Waals surface area contributed by atoms with E-state index in [1.54, 1.807) is 48.7 Å². The summed E-state index contributed by atoms with van der Waals surface area (Å²) in [6.07, 6.45) is 4.12. The first kappa shape index (κ1) is 30.7. The standard InChI is InChI=1S/C57H57N3O2.Pt/c1-33-23-50(58-31-35(33)3)41-24-47(39-16-14-13-15-17-39)38(6)52(25-41)61-43-26-48-45-20-18-37(5)60-54(45)62-53(48)49(27-43)51-28-46(36(4)32-59-51)44-21-19-40(22-34(44)2)42-29-55(7,8)57(11,12)56(9,10)30-42;/h13-24,26,28,31-32,42H,29-30H2,1-12H3;/q-2;+2/i1D3,3D3,5D3,6D3,42D;. The van der Waals surface area contributed by atoms with Gasteiger partial charge in [0, 0.05) is 52.8 Å². The minimum absolute atomic E-state index is 0. The summed E-state index contributed by atoms with van der Waals surface area (Å²) < 4.78 is 123. The van der Waals surface area contributed by atoms with Crippen molar-refractivity contribution in [3.05, 3.63) is 149 Å². The average molecular weight is 1020 g/mol. The summed E-state index contributed by atoms with van der Waals surface area (Å²) in [4.78, 5) is 13.7. The van der Waals surface area contributed by atoms with E-state index in [4.69, 9.17) is 30.6 Å². The van der Waals surface area contributed by atoms with Crippen LogP contribution in [0, 0.1) is 69.6 Å². The predicted molar refractivity (Wildman–Crippen MR) is 255 cm³/mol. The molecule has 1 saturated carbocycles. The zero-order valence-corrected chi connectivity index (χ0v) is 38.9. The quantitative estimate of drug-likeness (QED) is 0.149. The Morgan fingerprint density at radius 3 is 2.16 bits per heavy atom. The molecule has 1 aliphatic rings. The van der Waals surface area contributed by atoms with Crippen molar-refractivity contribution >= 4 is 22.1 Å². The topological polar surface area (TPSA) is 61.0 Å². The molecular formula is C57H57N3O2Pt. The van der Waals surface area contributed by atoms with Crippen LogP contribution in [0.2, 0.25) is 0 Å². The van der Waals surface area contributed by atoms with Crippen LogP contribution >= 0.6 is 0 Å². The van der Waals surface area contributed by atoms with Crippen molar-refractivity contribution in [2.75, 3.05) is 0 Å². The Kier molecular flexibility index (Phi) is 7.94. The third-order valence-electron chi connectivity index (χ3n) is 13.8. The molecule has 1 fully saturated rings. The molecular weight excluding hydrogens is 954 g/mol. The molecule has 4 aromatic heterocycles. The molecule has 0 spiro atoms. The number of benzene rings is 4. The van der Waals surface area contributed by atoms with Crippen LogP contribution in [0.1, 0.15) is 117 Å². The molecule has 4 heterocycles. The SMILES string of the molecule is [2H]C([2H])([2H])c1ccc2c(n1)oc1c(-c3cc(-c4ccc(C5([2H])CC(C)(C)C(C)(C)C(C)(C)C5)cc4C)c(C)cn3)[c-]c(Oc3[c-]c(-c4cc(C([2H])([2H])[2H])c(C([2H])([2H])[2H])cn4)cc(-c4ccccc4)c3C([2H])([2H])[2H])cc12.[Pt+2]. The second kappa shape index (κ2) is 16.3. The van der Waals surface area contributed by atoms with E-state index in [1.807, 2.05) is 19.9 Å². The fourth-order valence-corrected chi connectivity index (χ4v) is 9.07. The largest absolute Gasteiger partial charge is 2.00 e. The predicted octanol–water partition coefficient (Wildman–Crippen LogP) is 15.6. The minimum atomic E-state index is -2.85. The Labute approximate surface area is 406 Å². The van der Waals surface area contributed by atoms with E-state index in [9.17, 15) is 1.37 Å². The molecule has 0 aliphatic heterocycles. The van der Waals surface area contributed by atoms with Gasteiger partial charge in [0.15, 0.2) is 0 Å². The van der Waals surface area contributed by atoms with E-state index in [0.717, 1.165) is 40.1 Å². The summed E-state index contributed by atoms with van der Waals surface area (Å²) in [5, 5.41) is 0.845. The molecule has 0 saturated heterocycles. The maximum absolute atomic E-state index is 9.95. The van der Waals surface area contributed by atoms with E-state index in [2.05, 4.69) is 81.8 Å². The fourth-order valence-electron chi connectivity index (χ4n) is 9.07. The smallest absolute Gasteiger partial charge is 0.496 e. The van der Waals surface area contributed by atoms with Gasteiger partial charge >= 0.3 is 21.1 Å². The van der Waals surface area contributed by atoms with Gasteiger partial charge in [0.05, 0.1) is 5.58 Å². The average Bonchev–Trinajstić information content (AvgIpc) is 3.67. The molecule has 1 aliphatic carbocycles. The fraction of sp³-hybridized carbons (Fsp3) is 0.316. The summed E-state index contributed by atoms with van der Waals surface area (Å²) in [6.45, 7) is 6.65. The molecule has 0 atom stereocenters. The molecule has 5 nitrogen and oxygen atoms in total. The van der Waals surface area contributed by atoms with Gasteiger partial charge < -0.3 is 19.1 Å². The maximum Gasteiger partial charge on any atom is 2.00 e. The van der Waals surface area contributed by atoms with Crippen molar-refractivity contribution in [2.24, 2.45) is 16.2 Å². The summed E-state index contributed by atoms with van der Waals surface area (Å²) in [6, 6.07) is 30.4. The van der Waals surface area contributed by atoms with Crippen LogP contribution in [-0.4, -0.2) is 15.0 Å². The van der Waals surface area contributed by atoms with Crippen molar-refractivity contribution in [3.63, 3.8) is 0 Å². The number of aryl methyl sites for hydroxylation is 5. The van der Waals surface area contributed by atoms with E-state index in [1.165, 1.54) is 12.1 Å². The molecule has 0 amide bonds. The van der Waals surface area contributed by atoms with Gasteiger partial charge in [0.1, 0.15) is 0 Å². The first-order valence-corrected chi connectivity index (χ1v) is 20.8. The van der Waals surface area contributed by atoms with Gasteiger partial charge in [-0.25, -0.2) is 4.98 Å². The maximum atomic E-state index is 9.95. The molecule has 6 heteroatoms. The first-order chi connectivity index (χ1) is 34.6. The zero-order chi connectivity index (χ0) is 54.8. The van der Waals surface area contributed by atoms with Gasteiger partial charge in [-0.3, -0.25) is 0 Å². The number of furan rings is 1. The molecule has 0 radical (unpaired) electrons. The number of ether oxygens (including phenoxy) is 1. The Hall–Kier alpha value is -5.38. The van der Waals surface area contributed by atoms with Gasteiger partial charge in [-0.15, -0.1) is 11.6 Å². The van der Waals surface area contributed by atoms with Gasteiger partial charge in [-0.2, -0.15) is 0 Å². The molecule has 0 bridgehead atoms. The Morgan fingerprint density at radius 1 is 0.698 bits per heavy atom. The van der Waals surface area contributed by atoms with Crippen molar-refractivity contribution in [3.8, 4) is 56.3 Å². The van der Waals surface area contributed by atoms with Gasteiger partial charge in [0.2, 0.25) is 5.71 Å². The number of nitrogens with zero attached hydrogens (tertiary/aromatic N) is 3. The van der Waals surface area contributed by atoms with Gasteiger partial charge in [-0.1, -0.05) is 155 Å². The number of fused-ring (bicyclic) bond motifs is 3. The molecule has 322 valence electrons. The van der Waals surface area contributed by atoms with Crippen molar-refractivity contribution in [1.29, 1.82) is 0 Å². The van der Waals surface area contributed by atoms with Gasteiger partial charge in [-0.05, 0) is 132 Å². The summed E-state index contributed by atoms with van der Waals surface area (Å²) in [5.41, 5.74) is 4.68. The van der Waals surface area contributed by atoms with Crippen molar-refractivity contribution in [2.45, 2.75) is 102 Å². The van der Waals surface area contributed by atoms with E-state index < -0.39 is 44.4 Å². The molecule has 63 heavy (non-hydrogen) atoms. The van der Waals surface area contributed by atoms with Crippen molar-refractivity contribution < 1.29 is 48.0 Å². The molecule has 4 aromatic carbocycles. The van der Waals surface area contributed by atoms with Crippen LogP contribution in [0.3, 0.4) is 0 Å². The summed E-state index contributed by atoms with van der Waals surface area (Å²) in [5.74, 6) is -1.12. The Morgan fingerprint density at radius 2 is 1.44 bits per heavy atom. The number of rotatable bonds is 7. The molecule has 0 N–H and O–H groups in total. The monoisotopic (exact) mass is 1020 g/mol. The van der Waals surface area contributed by atoms with E-state index in [0.29, 0.717) is 34.9 Å². The number of hydrogen-bond donors (Lipinski definition) is 0. The van der Waals surface area contributed by atoms with Crippen molar-refractivity contribution in [1.82, 2.24) is 15.0 Å². The number of pyridine rings is 3. The first-order valence-electron chi connectivity index (χ1n) is 27.3. The normalized spacial score (nSPS) is 20.0. The second-order valence-electron chi connectivity index (χ2n) is 18.6. The molecule has 8 aromatic rings. The summed E-state index contributed by atoms with van der Waals surface area (Å²) >= 11 is 0. The van der Waals surface area contributed by atoms with Crippen LogP contribution in [0.15, 0.2) is 102 Å². The second-order valence-corrected chi connectivity index (χ2v) is 18.6. The van der Waals surface area contributed by atoms with Crippen LogP contribution in [0.4, 0.5) is 0 Å². The number of aromatic nitrogens is 3. The third-order valence-corrected chi connectivity index (χ3v) is 13.8. The number of hydrogen-bond acceptors (Lipinski definition) is 5.